The number of carbonyl (C=O) groups excluding carboxylic acids is 2. The standard InChI is InChI=1S/C22H31N3O4/c1-6-14-7-9-15(10-8-14)17(13-29-5)24-20(27)18-11-16(26)12-25(18)21(28)19(23)22(2,3)4/h1,7-10,16-19,26H,11-13,23H2,2-5H3,(H,24,27)/t16-,17+,18+,19?/m1/s1. The molecule has 7 nitrogen and oxygen atoms in total. The zero-order valence-corrected chi connectivity index (χ0v) is 17.5. The van der Waals surface area contributed by atoms with Crippen molar-refractivity contribution in [3.63, 3.8) is 0 Å². The number of hydrogen-bond donors (Lipinski definition) is 3. The van der Waals surface area contributed by atoms with Crippen LogP contribution >= 0.6 is 0 Å². The molecule has 0 radical (unpaired) electrons. The highest BCUT2D eigenvalue weighted by Crippen LogP contribution is 2.25. The van der Waals surface area contributed by atoms with Gasteiger partial charge in [0.2, 0.25) is 11.8 Å². The largest absolute Gasteiger partial charge is 0.391 e. The second-order valence-electron chi connectivity index (χ2n) is 8.52. The predicted octanol–water partition coefficient (Wildman–Crippen LogP) is 0.807. The van der Waals surface area contributed by atoms with Gasteiger partial charge in [0.15, 0.2) is 0 Å². The lowest BCUT2D eigenvalue weighted by Crippen LogP contribution is -2.55. The Morgan fingerprint density at radius 3 is 2.52 bits per heavy atom. The van der Waals surface area contributed by atoms with Crippen LogP contribution in [-0.4, -0.2) is 60.3 Å². The minimum Gasteiger partial charge on any atom is -0.391 e. The summed E-state index contributed by atoms with van der Waals surface area (Å²) in [4.78, 5) is 27.3. The minimum absolute atomic E-state index is 0.0898. The average molecular weight is 402 g/mol. The lowest BCUT2D eigenvalue weighted by atomic mass is 9.86. The van der Waals surface area contributed by atoms with Crippen molar-refractivity contribution >= 4 is 11.8 Å². The van der Waals surface area contributed by atoms with Crippen molar-refractivity contribution in [2.45, 2.75) is 51.4 Å². The van der Waals surface area contributed by atoms with Crippen molar-refractivity contribution in [2.75, 3.05) is 20.3 Å². The van der Waals surface area contributed by atoms with E-state index in [1.54, 1.807) is 19.2 Å². The molecule has 2 rings (SSSR count). The Balaban J connectivity index is 2.18. The number of rotatable bonds is 6. The Morgan fingerprint density at radius 2 is 2.00 bits per heavy atom. The SMILES string of the molecule is C#Cc1ccc([C@H](COC)NC(=O)[C@@H]2C[C@@H](O)CN2C(=O)C(N)C(C)(C)C)cc1. The molecule has 7 heteroatoms. The van der Waals surface area contributed by atoms with E-state index in [0.29, 0.717) is 0 Å². The quantitative estimate of drug-likeness (QED) is 0.612. The molecule has 1 fully saturated rings. The van der Waals surface area contributed by atoms with E-state index in [0.717, 1.165) is 11.1 Å². The number of terminal acetylenes is 1. The third kappa shape index (κ3) is 5.57. The summed E-state index contributed by atoms with van der Waals surface area (Å²) in [6.07, 6.45) is 4.80. The van der Waals surface area contributed by atoms with Crippen LogP contribution in [0.2, 0.25) is 0 Å². The van der Waals surface area contributed by atoms with E-state index in [9.17, 15) is 14.7 Å². The van der Waals surface area contributed by atoms with Crippen LogP contribution in [0.3, 0.4) is 0 Å². The highest BCUT2D eigenvalue weighted by molar-refractivity contribution is 5.91. The number of benzene rings is 1. The number of nitrogens with one attached hydrogen (secondary N) is 1. The number of amides is 2. The summed E-state index contributed by atoms with van der Waals surface area (Å²) in [6, 6.07) is 5.29. The molecule has 158 valence electrons. The number of aliphatic hydroxyl groups is 1. The number of ether oxygens (including phenoxy) is 1. The van der Waals surface area contributed by atoms with E-state index >= 15 is 0 Å². The van der Waals surface area contributed by atoms with Crippen LogP contribution in [0.25, 0.3) is 0 Å². The molecule has 0 spiro atoms. The molecule has 1 aliphatic rings. The fraction of sp³-hybridized carbons (Fsp3) is 0.545. The highest BCUT2D eigenvalue weighted by atomic mass is 16.5. The average Bonchev–Trinajstić information content (AvgIpc) is 3.07. The maximum atomic E-state index is 13.0. The Bertz CT molecular complexity index is 764. The van der Waals surface area contributed by atoms with Crippen LogP contribution in [0.5, 0.6) is 0 Å². The van der Waals surface area contributed by atoms with Gasteiger partial charge in [-0.2, -0.15) is 0 Å². The number of nitrogens with zero attached hydrogens (tertiary/aromatic N) is 1. The number of nitrogens with two attached hydrogens (primary N) is 1. The molecular formula is C22H31N3O4. The second-order valence-corrected chi connectivity index (χ2v) is 8.52. The van der Waals surface area contributed by atoms with Crippen LogP contribution in [0.1, 0.15) is 44.4 Å². The van der Waals surface area contributed by atoms with Crippen LogP contribution in [0.4, 0.5) is 0 Å². The maximum absolute atomic E-state index is 13.0. The van der Waals surface area contributed by atoms with Crippen LogP contribution in [0.15, 0.2) is 24.3 Å². The Hall–Kier alpha value is -2.40. The topological polar surface area (TPSA) is 105 Å². The van der Waals surface area contributed by atoms with Crippen LogP contribution < -0.4 is 11.1 Å². The number of hydrogen-bond acceptors (Lipinski definition) is 5. The first kappa shape index (κ1) is 22.9. The van der Waals surface area contributed by atoms with Crippen molar-refractivity contribution < 1.29 is 19.4 Å². The van der Waals surface area contributed by atoms with Gasteiger partial charge < -0.3 is 25.8 Å². The van der Waals surface area contributed by atoms with Gasteiger partial charge in [0.25, 0.3) is 0 Å². The van der Waals surface area contributed by atoms with Crippen molar-refractivity contribution in [1.29, 1.82) is 0 Å². The zero-order chi connectivity index (χ0) is 21.8. The predicted molar refractivity (Wildman–Crippen MR) is 111 cm³/mol. The normalized spacial score (nSPS) is 21.3. The monoisotopic (exact) mass is 401 g/mol. The van der Waals surface area contributed by atoms with Gasteiger partial charge in [0.1, 0.15) is 6.04 Å². The molecule has 1 heterocycles. The highest BCUT2D eigenvalue weighted by Gasteiger charge is 2.43. The van der Waals surface area contributed by atoms with Gasteiger partial charge in [-0.15, -0.1) is 6.42 Å². The lowest BCUT2D eigenvalue weighted by Gasteiger charge is -2.33. The smallest absolute Gasteiger partial charge is 0.243 e. The second kappa shape index (κ2) is 9.40. The fourth-order valence-corrected chi connectivity index (χ4v) is 3.32. The number of methoxy groups -OCH3 is 1. The first-order chi connectivity index (χ1) is 13.6. The van der Waals surface area contributed by atoms with Gasteiger partial charge in [-0.3, -0.25) is 9.59 Å². The summed E-state index contributed by atoms with van der Waals surface area (Å²) < 4.78 is 5.25. The summed E-state index contributed by atoms with van der Waals surface area (Å²) in [7, 11) is 1.55. The molecule has 1 aromatic rings. The molecule has 0 saturated carbocycles. The van der Waals surface area contributed by atoms with E-state index in [1.165, 1.54) is 4.90 Å². The van der Waals surface area contributed by atoms with Crippen LogP contribution in [-0.2, 0) is 14.3 Å². The van der Waals surface area contributed by atoms with Crippen LogP contribution in [0, 0.1) is 17.8 Å². The molecule has 1 aliphatic heterocycles. The van der Waals surface area contributed by atoms with Gasteiger partial charge >= 0.3 is 0 Å². The first-order valence-electron chi connectivity index (χ1n) is 9.68. The molecule has 0 aromatic heterocycles. The van der Waals surface area contributed by atoms with Gasteiger partial charge in [0.05, 0.1) is 24.8 Å². The summed E-state index contributed by atoms with van der Waals surface area (Å²) in [5, 5.41) is 13.0. The zero-order valence-electron chi connectivity index (χ0n) is 17.5. The van der Waals surface area contributed by atoms with Gasteiger partial charge in [-0.05, 0) is 23.1 Å². The van der Waals surface area contributed by atoms with Crippen molar-refractivity contribution in [3.8, 4) is 12.3 Å². The maximum Gasteiger partial charge on any atom is 0.243 e. The van der Waals surface area contributed by atoms with E-state index in [1.807, 2.05) is 32.9 Å². The molecule has 1 saturated heterocycles. The third-order valence-corrected chi connectivity index (χ3v) is 5.19. The molecule has 0 bridgehead atoms. The van der Waals surface area contributed by atoms with Crippen molar-refractivity contribution in [1.82, 2.24) is 10.2 Å². The molecule has 4 N–H and O–H groups in total. The van der Waals surface area contributed by atoms with E-state index in [4.69, 9.17) is 16.9 Å². The summed E-state index contributed by atoms with van der Waals surface area (Å²) in [5.41, 5.74) is 7.23. The summed E-state index contributed by atoms with van der Waals surface area (Å²) >= 11 is 0. The molecule has 0 aliphatic carbocycles. The Labute approximate surface area is 172 Å². The van der Waals surface area contributed by atoms with Crippen molar-refractivity contribution in [2.24, 2.45) is 11.1 Å². The third-order valence-electron chi connectivity index (χ3n) is 5.19. The number of likely N-dealkylation sites (tertiary alicyclic amines) is 1. The Kier molecular flexibility index (Phi) is 7.42. The minimum atomic E-state index is -0.782. The molecule has 2 amide bonds. The molecule has 29 heavy (non-hydrogen) atoms. The first-order valence-corrected chi connectivity index (χ1v) is 9.68. The van der Waals surface area contributed by atoms with Gasteiger partial charge in [0, 0.05) is 25.6 Å². The van der Waals surface area contributed by atoms with Crippen molar-refractivity contribution in [3.05, 3.63) is 35.4 Å². The summed E-state index contributed by atoms with van der Waals surface area (Å²) in [6.45, 7) is 5.95. The molecular weight excluding hydrogens is 370 g/mol. The van der Waals surface area contributed by atoms with E-state index < -0.39 is 29.6 Å². The molecule has 4 atom stereocenters. The number of aliphatic hydroxyl groups excluding tert-OH is 1. The van der Waals surface area contributed by atoms with Gasteiger partial charge in [-0.25, -0.2) is 0 Å². The fourth-order valence-electron chi connectivity index (χ4n) is 3.32. The molecule has 1 unspecified atom stereocenters. The Morgan fingerprint density at radius 1 is 1.38 bits per heavy atom. The molecule has 1 aromatic carbocycles. The summed E-state index contributed by atoms with van der Waals surface area (Å²) in [5.74, 6) is 1.87. The lowest BCUT2D eigenvalue weighted by molar-refractivity contribution is -0.141. The van der Waals surface area contributed by atoms with Gasteiger partial charge in [-0.1, -0.05) is 38.8 Å². The van der Waals surface area contributed by atoms with E-state index in [2.05, 4.69) is 11.2 Å². The number of β-amino-alcohol motifs (C(OH)–C–C–N with tert-alkyl or cyclic N) is 1. The number of carbonyl (C=O) groups is 2. The van der Waals surface area contributed by atoms with E-state index in [-0.39, 0.29) is 31.4 Å².